The monoisotopic (exact) mass is 241 g/mol. The van der Waals surface area contributed by atoms with Crippen LogP contribution >= 0.6 is 0 Å². The highest BCUT2D eigenvalue weighted by Crippen LogP contribution is 2.33. The number of nitrogens with zero attached hydrogens (tertiary/aromatic N) is 4. The number of aromatic nitrogens is 4. The maximum absolute atomic E-state index is 5.25. The summed E-state index contributed by atoms with van der Waals surface area (Å²) in [6.07, 6.45) is 2.35. The summed E-state index contributed by atoms with van der Waals surface area (Å²) in [7, 11) is 3.43. The molecule has 0 bridgehead atoms. The predicted octanol–water partition coefficient (Wildman–Crippen LogP) is -0.241. The van der Waals surface area contributed by atoms with Gasteiger partial charge in [0.15, 0.2) is 5.82 Å². The van der Waals surface area contributed by atoms with Gasteiger partial charge >= 0.3 is 0 Å². The first-order valence-electron chi connectivity index (χ1n) is 5.84. The fourth-order valence-electron chi connectivity index (χ4n) is 1.92. The van der Waals surface area contributed by atoms with E-state index in [0.717, 1.165) is 25.2 Å². The molecule has 96 valence electrons. The van der Waals surface area contributed by atoms with Crippen LogP contribution in [-0.2, 0) is 16.0 Å². The van der Waals surface area contributed by atoms with Gasteiger partial charge in [-0.1, -0.05) is 0 Å². The second kappa shape index (κ2) is 6.04. The Morgan fingerprint density at radius 2 is 2.24 bits per heavy atom. The topological polar surface area (TPSA) is 74.1 Å². The molecular weight excluding hydrogens is 222 g/mol. The highest BCUT2D eigenvalue weighted by atomic mass is 16.5. The van der Waals surface area contributed by atoms with Gasteiger partial charge in [-0.3, -0.25) is 0 Å². The van der Waals surface area contributed by atoms with Gasteiger partial charge in [0.05, 0.1) is 25.3 Å². The fraction of sp³-hybridized carbons (Fsp3) is 0.900. The molecule has 0 aromatic carbocycles. The molecule has 0 aliphatic heterocycles. The van der Waals surface area contributed by atoms with E-state index in [2.05, 4.69) is 20.8 Å². The third kappa shape index (κ3) is 2.99. The Balaban J connectivity index is 1.81. The van der Waals surface area contributed by atoms with Gasteiger partial charge in [-0.15, -0.1) is 5.10 Å². The Labute approximate surface area is 100 Å². The minimum absolute atomic E-state index is 0.360. The molecule has 0 unspecified atom stereocenters. The van der Waals surface area contributed by atoms with E-state index in [1.807, 2.05) is 4.68 Å². The Bertz CT molecular complexity index is 337. The Hall–Kier alpha value is -1.05. The van der Waals surface area contributed by atoms with E-state index in [4.69, 9.17) is 9.47 Å². The van der Waals surface area contributed by atoms with Crippen molar-refractivity contribution >= 4 is 0 Å². The Morgan fingerprint density at radius 1 is 1.41 bits per heavy atom. The van der Waals surface area contributed by atoms with Gasteiger partial charge in [0.25, 0.3) is 0 Å². The first-order valence-corrected chi connectivity index (χ1v) is 5.84. The average Bonchev–Trinajstić information content (AvgIpc) is 2.72. The van der Waals surface area contributed by atoms with Crippen LogP contribution in [0.15, 0.2) is 0 Å². The van der Waals surface area contributed by atoms with Crippen molar-refractivity contribution < 1.29 is 9.47 Å². The minimum atomic E-state index is 0.360. The largest absolute Gasteiger partial charge is 0.383 e. The number of tetrazole rings is 1. The number of nitrogens with one attached hydrogen (secondary N) is 1. The SMILES string of the molecule is COCCNCc1nnnn1C1CC(OC)C1. The second-order valence-corrected chi connectivity index (χ2v) is 4.19. The van der Waals surface area contributed by atoms with Crippen molar-refractivity contribution in [2.24, 2.45) is 0 Å². The van der Waals surface area contributed by atoms with Crippen LogP contribution in [0.1, 0.15) is 24.7 Å². The van der Waals surface area contributed by atoms with Crippen molar-refractivity contribution in [3.8, 4) is 0 Å². The Morgan fingerprint density at radius 3 is 2.94 bits per heavy atom. The van der Waals surface area contributed by atoms with Crippen molar-refractivity contribution in [2.75, 3.05) is 27.4 Å². The molecule has 7 heteroatoms. The van der Waals surface area contributed by atoms with Crippen molar-refractivity contribution in [3.05, 3.63) is 5.82 Å². The maximum atomic E-state index is 5.25. The first kappa shape index (κ1) is 12.4. The van der Waals surface area contributed by atoms with Crippen molar-refractivity contribution in [1.82, 2.24) is 25.5 Å². The summed E-state index contributed by atoms with van der Waals surface area (Å²) in [6.45, 7) is 2.16. The summed E-state index contributed by atoms with van der Waals surface area (Å²) in [4.78, 5) is 0. The van der Waals surface area contributed by atoms with Crippen LogP contribution in [-0.4, -0.2) is 53.7 Å². The number of hydrogen-bond acceptors (Lipinski definition) is 6. The highest BCUT2D eigenvalue weighted by molar-refractivity contribution is 4.91. The lowest BCUT2D eigenvalue weighted by molar-refractivity contribution is 0.000940. The normalized spacial score (nSPS) is 23.6. The third-order valence-electron chi connectivity index (χ3n) is 3.08. The molecule has 1 saturated carbocycles. The molecule has 1 aromatic heterocycles. The van der Waals surface area contributed by atoms with E-state index in [1.165, 1.54) is 0 Å². The molecule has 0 saturated heterocycles. The summed E-state index contributed by atoms with van der Waals surface area (Å²) in [5.41, 5.74) is 0. The fourth-order valence-corrected chi connectivity index (χ4v) is 1.92. The predicted molar refractivity (Wildman–Crippen MR) is 60.5 cm³/mol. The average molecular weight is 241 g/mol. The van der Waals surface area contributed by atoms with E-state index in [1.54, 1.807) is 14.2 Å². The second-order valence-electron chi connectivity index (χ2n) is 4.19. The van der Waals surface area contributed by atoms with Crippen LogP contribution in [0.25, 0.3) is 0 Å². The molecule has 17 heavy (non-hydrogen) atoms. The summed E-state index contributed by atoms with van der Waals surface area (Å²) in [5, 5.41) is 15.0. The zero-order valence-electron chi connectivity index (χ0n) is 10.3. The molecule has 0 amide bonds. The lowest BCUT2D eigenvalue weighted by atomic mass is 9.89. The Kier molecular flexibility index (Phi) is 4.41. The highest BCUT2D eigenvalue weighted by Gasteiger charge is 2.32. The van der Waals surface area contributed by atoms with Crippen molar-refractivity contribution in [3.63, 3.8) is 0 Å². The molecule has 1 aliphatic rings. The molecular formula is C10H19N5O2. The summed E-state index contributed by atoms with van der Waals surface area (Å²) >= 11 is 0. The molecule has 2 rings (SSSR count). The number of ether oxygens (including phenoxy) is 2. The third-order valence-corrected chi connectivity index (χ3v) is 3.08. The van der Waals surface area contributed by atoms with Crippen LogP contribution < -0.4 is 5.32 Å². The van der Waals surface area contributed by atoms with Gasteiger partial charge in [0.1, 0.15) is 0 Å². The van der Waals surface area contributed by atoms with Crippen LogP contribution in [0.5, 0.6) is 0 Å². The van der Waals surface area contributed by atoms with Crippen LogP contribution in [0, 0.1) is 0 Å². The number of rotatable bonds is 7. The van der Waals surface area contributed by atoms with E-state index in [-0.39, 0.29) is 0 Å². The number of methoxy groups -OCH3 is 2. The quantitative estimate of drug-likeness (QED) is 0.664. The number of hydrogen-bond donors (Lipinski definition) is 1. The summed E-state index contributed by atoms with van der Waals surface area (Å²) < 4.78 is 12.1. The smallest absolute Gasteiger partial charge is 0.165 e. The van der Waals surface area contributed by atoms with E-state index in [9.17, 15) is 0 Å². The first-order chi connectivity index (χ1) is 8.35. The van der Waals surface area contributed by atoms with Crippen molar-refractivity contribution in [2.45, 2.75) is 31.5 Å². The molecule has 1 heterocycles. The summed E-state index contributed by atoms with van der Waals surface area (Å²) in [5.74, 6) is 0.876. The molecule has 1 N–H and O–H groups in total. The van der Waals surface area contributed by atoms with Gasteiger partial charge in [-0.2, -0.15) is 0 Å². The van der Waals surface area contributed by atoms with E-state index in [0.29, 0.717) is 25.3 Å². The molecule has 1 aromatic rings. The van der Waals surface area contributed by atoms with Gasteiger partial charge in [-0.05, 0) is 23.3 Å². The van der Waals surface area contributed by atoms with Gasteiger partial charge in [-0.25, -0.2) is 4.68 Å². The van der Waals surface area contributed by atoms with Gasteiger partial charge < -0.3 is 14.8 Å². The molecule has 1 fully saturated rings. The molecule has 7 nitrogen and oxygen atoms in total. The van der Waals surface area contributed by atoms with Crippen LogP contribution in [0.3, 0.4) is 0 Å². The van der Waals surface area contributed by atoms with Crippen LogP contribution in [0.4, 0.5) is 0 Å². The zero-order chi connectivity index (χ0) is 12.1. The van der Waals surface area contributed by atoms with Gasteiger partial charge in [0.2, 0.25) is 0 Å². The van der Waals surface area contributed by atoms with Crippen LogP contribution in [0.2, 0.25) is 0 Å². The van der Waals surface area contributed by atoms with E-state index < -0.39 is 0 Å². The maximum Gasteiger partial charge on any atom is 0.165 e. The summed E-state index contributed by atoms with van der Waals surface area (Å²) in [6, 6.07) is 0.383. The molecule has 0 spiro atoms. The molecule has 0 radical (unpaired) electrons. The minimum Gasteiger partial charge on any atom is -0.383 e. The standard InChI is InChI=1S/C10H19N5O2/c1-16-4-3-11-7-10-12-13-14-15(10)8-5-9(6-8)17-2/h8-9,11H,3-7H2,1-2H3. The lowest BCUT2D eigenvalue weighted by Gasteiger charge is -2.34. The lowest BCUT2D eigenvalue weighted by Crippen LogP contribution is -2.34. The van der Waals surface area contributed by atoms with Gasteiger partial charge in [0, 0.05) is 20.8 Å². The molecule has 1 aliphatic carbocycles. The van der Waals surface area contributed by atoms with Crippen molar-refractivity contribution in [1.29, 1.82) is 0 Å². The molecule has 0 atom stereocenters. The zero-order valence-corrected chi connectivity index (χ0v) is 10.3. The van der Waals surface area contributed by atoms with E-state index >= 15 is 0 Å².